The van der Waals surface area contributed by atoms with Crippen molar-refractivity contribution in [2.24, 2.45) is 0 Å². The monoisotopic (exact) mass is 509 g/mol. The fourth-order valence-electron chi connectivity index (χ4n) is 4.77. The van der Waals surface area contributed by atoms with E-state index in [1.807, 2.05) is 30.3 Å². The van der Waals surface area contributed by atoms with Crippen LogP contribution in [0.4, 0.5) is 4.39 Å². The van der Waals surface area contributed by atoms with Crippen LogP contribution in [0, 0.1) is 5.82 Å². The number of aromatic nitrogens is 5. The minimum atomic E-state index is -0.691. The van der Waals surface area contributed by atoms with Crippen LogP contribution in [0.15, 0.2) is 66.9 Å². The lowest BCUT2D eigenvalue weighted by Gasteiger charge is -2.15. The summed E-state index contributed by atoms with van der Waals surface area (Å²) in [6.45, 7) is 1.66. The van der Waals surface area contributed by atoms with Gasteiger partial charge in [-0.2, -0.15) is 0 Å². The van der Waals surface area contributed by atoms with E-state index in [-0.39, 0.29) is 18.0 Å². The number of likely N-dealkylation sites (tertiary alicyclic amines) is 1. The molecule has 1 N–H and O–H groups in total. The van der Waals surface area contributed by atoms with E-state index < -0.39 is 11.7 Å². The minimum absolute atomic E-state index is 0.126. The van der Waals surface area contributed by atoms with Crippen LogP contribution in [-0.4, -0.2) is 61.3 Å². The standard InChI is InChI=1S/C28H24FN7O2/c29-22-15-19(8-9-21(22)28(38)31-16-25(37)35-13-1-2-14-35)23-10-11-24-27(32-23)36(34-33-24)17-20-6-3-5-18-7-4-12-30-26(18)20/h3-12,15H,1-2,13-14,16-17H2,(H,31,38). The van der Waals surface area contributed by atoms with Crippen LogP contribution < -0.4 is 5.32 Å². The second-order valence-corrected chi connectivity index (χ2v) is 9.24. The molecule has 10 heteroatoms. The van der Waals surface area contributed by atoms with Gasteiger partial charge >= 0.3 is 0 Å². The first-order valence-electron chi connectivity index (χ1n) is 12.5. The zero-order chi connectivity index (χ0) is 26.1. The summed E-state index contributed by atoms with van der Waals surface area (Å²) in [7, 11) is 0. The van der Waals surface area contributed by atoms with E-state index in [4.69, 9.17) is 4.98 Å². The molecule has 0 atom stereocenters. The maximum Gasteiger partial charge on any atom is 0.254 e. The number of nitrogens with zero attached hydrogens (tertiary/aromatic N) is 6. The fourth-order valence-corrected chi connectivity index (χ4v) is 4.77. The van der Waals surface area contributed by atoms with Gasteiger partial charge in [0.25, 0.3) is 5.91 Å². The predicted molar refractivity (Wildman–Crippen MR) is 140 cm³/mol. The van der Waals surface area contributed by atoms with Gasteiger partial charge < -0.3 is 10.2 Å². The topological polar surface area (TPSA) is 106 Å². The van der Waals surface area contributed by atoms with Crippen LogP contribution in [0.3, 0.4) is 0 Å². The third kappa shape index (κ3) is 4.56. The number of hydrogen-bond acceptors (Lipinski definition) is 6. The first-order chi connectivity index (χ1) is 18.6. The molecule has 5 aromatic rings. The Morgan fingerprint density at radius 2 is 1.84 bits per heavy atom. The normalized spacial score (nSPS) is 13.3. The Balaban J connectivity index is 1.23. The summed E-state index contributed by atoms with van der Waals surface area (Å²) in [6.07, 6.45) is 3.69. The summed E-state index contributed by atoms with van der Waals surface area (Å²) in [5.74, 6) is -1.48. The molecule has 0 saturated carbocycles. The molecular weight excluding hydrogens is 485 g/mol. The van der Waals surface area contributed by atoms with Crippen LogP contribution in [0.1, 0.15) is 28.8 Å². The average molecular weight is 510 g/mol. The number of fused-ring (bicyclic) bond motifs is 2. The van der Waals surface area contributed by atoms with Gasteiger partial charge in [-0.1, -0.05) is 35.5 Å². The Morgan fingerprint density at radius 1 is 1.00 bits per heavy atom. The Bertz CT molecular complexity index is 1670. The van der Waals surface area contributed by atoms with Gasteiger partial charge in [-0.25, -0.2) is 14.1 Å². The smallest absolute Gasteiger partial charge is 0.254 e. The van der Waals surface area contributed by atoms with Crippen molar-refractivity contribution in [3.05, 3.63) is 83.8 Å². The molecule has 1 aliphatic heterocycles. The quantitative estimate of drug-likeness (QED) is 0.375. The number of rotatable bonds is 6. The van der Waals surface area contributed by atoms with Crippen molar-refractivity contribution < 1.29 is 14.0 Å². The molecule has 38 heavy (non-hydrogen) atoms. The summed E-state index contributed by atoms with van der Waals surface area (Å²) in [5, 5.41) is 12.0. The maximum absolute atomic E-state index is 15.0. The van der Waals surface area contributed by atoms with Gasteiger partial charge in [0.2, 0.25) is 5.91 Å². The number of carbonyl (C=O) groups is 2. The van der Waals surface area contributed by atoms with Crippen molar-refractivity contribution in [1.29, 1.82) is 0 Å². The lowest BCUT2D eigenvalue weighted by atomic mass is 10.1. The Hall–Kier alpha value is -4.73. The summed E-state index contributed by atoms with van der Waals surface area (Å²) in [4.78, 5) is 35.6. The molecule has 1 saturated heterocycles. The van der Waals surface area contributed by atoms with Crippen molar-refractivity contribution in [3.63, 3.8) is 0 Å². The minimum Gasteiger partial charge on any atom is -0.343 e. The van der Waals surface area contributed by atoms with Crippen LogP contribution in [-0.2, 0) is 11.3 Å². The summed E-state index contributed by atoms with van der Waals surface area (Å²) in [5.41, 5.74) is 3.93. The second kappa shape index (κ2) is 9.97. The lowest BCUT2D eigenvalue weighted by Crippen LogP contribution is -2.38. The van der Waals surface area contributed by atoms with Crippen molar-refractivity contribution in [2.75, 3.05) is 19.6 Å². The van der Waals surface area contributed by atoms with Crippen LogP contribution in [0.25, 0.3) is 33.3 Å². The van der Waals surface area contributed by atoms with E-state index in [1.54, 1.807) is 34.0 Å². The van der Waals surface area contributed by atoms with E-state index in [1.165, 1.54) is 12.1 Å². The molecule has 9 nitrogen and oxygen atoms in total. The highest BCUT2D eigenvalue weighted by molar-refractivity contribution is 5.97. The van der Waals surface area contributed by atoms with Crippen molar-refractivity contribution in [1.82, 2.24) is 35.2 Å². The number of pyridine rings is 2. The third-order valence-corrected chi connectivity index (χ3v) is 6.76. The zero-order valence-electron chi connectivity index (χ0n) is 20.5. The first-order valence-corrected chi connectivity index (χ1v) is 12.5. The predicted octanol–water partition coefficient (Wildman–Crippen LogP) is 3.58. The molecule has 3 aromatic heterocycles. The van der Waals surface area contributed by atoms with E-state index in [9.17, 15) is 14.0 Å². The molecule has 190 valence electrons. The van der Waals surface area contributed by atoms with Gasteiger partial charge in [-0.15, -0.1) is 5.10 Å². The molecule has 2 amide bonds. The molecule has 2 aromatic carbocycles. The van der Waals surface area contributed by atoms with Gasteiger partial charge in [-0.05, 0) is 48.7 Å². The average Bonchev–Trinajstić information content (AvgIpc) is 3.62. The van der Waals surface area contributed by atoms with Gasteiger partial charge in [0.05, 0.1) is 29.9 Å². The number of carbonyl (C=O) groups excluding carboxylic acids is 2. The summed E-state index contributed by atoms with van der Waals surface area (Å²) >= 11 is 0. The maximum atomic E-state index is 15.0. The third-order valence-electron chi connectivity index (χ3n) is 6.76. The van der Waals surface area contributed by atoms with Crippen LogP contribution >= 0.6 is 0 Å². The molecule has 0 unspecified atom stereocenters. The number of para-hydroxylation sites is 1. The van der Waals surface area contributed by atoms with E-state index >= 15 is 0 Å². The fraction of sp³-hybridized carbons (Fsp3) is 0.214. The van der Waals surface area contributed by atoms with Gasteiger partial charge in [-0.3, -0.25) is 14.6 Å². The number of halogens is 1. The molecule has 1 fully saturated rings. The summed E-state index contributed by atoms with van der Waals surface area (Å²) < 4.78 is 16.7. The molecule has 0 bridgehead atoms. The lowest BCUT2D eigenvalue weighted by molar-refractivity contribution is -0.129. The van der Waals surface area contributed by atoms with Gasteiger partial charge in [0.1, 0.15) is 11.3 Å². The Kier molecular flexibility index (Phi) is 6.20. The molecule has 0 radical (unpaired) electrons. The highest BCUT2D eigenvalue weighted by Gasteiger charge is 2.20. The number of nitrogens with one attached hydrogen (secondary N) is 1. The highest BCUT2D eigenvalue weighted by Crippen LogP contribution is 2.24. The van der Waals surface area contributed by atoms with Gasteiger partial charge in [0.15, 0.2) is 5.65 Å². The first kappa shape index (κ1) is 23.7. The van der Waals surface area contributed by atoms with Crippen LogP contribution in [0.2, 0.25) is 0 Å². The molecule has 4 heterocycles. The SMILES string of the molecule is O=C(NCC(=O)N1CCCC1)c1ccc(-c2ccc3nnn(Cc4cccc5cccnc45)c3n2)cc1F. The van der Waals surface area contributed by atoms with Crippen LogP contribution in [0.5, 0.6) is 0 Å². The van der Waals surface area contributed by atoms with Gasteiger partial charge in [0, 0.05) is 30.2 Å². The Labute approximate surface area is 217 Å². The van der Waals surface area contributed by atoms with E-state index in [0.29, 0.717) is 42.1 Å². The molecule has 1 aliphatic rings. The molecule has 0 spiro atoms. The van der Waals surface area contributed by atoms with E-state index in [2.05, 4.69) is 20.6 Å². The molecule has 6 rings (SSSR count). The number of hydrogen-bond donors (Lipinski definition) is 1. The summed E-state index contributed by atoms with van der Waals surface area (Å²) in [6, 6.07) is 17.7. The van der Waals surface area contributed by atoms with E-state index in [0.717, 1.165) is 29.3 Å². The second-order valence-electron chi connectivity index (χ2n) is 9.24. The highest BCUT2D eigenvalue weighted by atomic mass is 19.1. The Morgan fingerprint density at radius 3 is 2.68 bits per heavy atom. The molecular formula is C28H24FN7O2. The zero-order valence-corrected chi connectivity index (χ0v) is 20.5. The largest absolute Gasteiger partial charge is 0.343 e. The molecule has 0 aliphatic carbocycles. The van der Waals surface area contributed by atoms with Crippen molar-refractivity contribution >= 4 is 33.9 Å². The van der Waals surface area contributed by atoms with Crippen molar-refractivity contribution in [3.8, 4) is 11.3 Å². The van der Waals surface area contributed by atoms with Crippen molar-refractivity contribution in [2.45, 2.75) is 19.4 Å². The number of benzene rings is 2. The number of amides is 2.